The summed E-state index contributed by atoms with van der Waals surface area (Å²) >= 11 is 0. The molecular weight excluding hydrogens is 190 g/mol. The third kappa shape index (κ3) is 2.43. The minimum atomic E-state index is 0.215. The molecule has 0 aromatic heterocycles. The van der Waals surface area contributed by atoms with E-state index in [0.29, 0.717) is 25.0 Å². The average molecular weight is 211 g/mol. The number of hydrogen-bond acceptors (Lipinski definition) is 2. The molecule has 0 bridgehead atoms. The summed E-state index contributed by atoms with van der Waals surface area (Å²) in [6.45, 7) is 5.35. The minimum Gasteiger partial charge on any atom is -0.329 e. The van der Waals surface area contributed by atoms with Crippen LogP contribution >= 0.6 is 0 Å². The van der Waals surface area contributed by atoms with Crippen LogP contribution in [0, 0.1) is 5.92 Å². The van der Waals surface area contributed by atoms with Gasteiger partial charge in [0.25, 0.3) is 0 Å². The molecule has 0 aromatic carbocycles. The smallest absolute Gasteiger partial charge is 0.320 e. The van der Waals surface area contributed by atoms with Crippen LogP contribution in [0.5, 0.6) is 0 Å². The molecule has 0 aromatic rings. The summed E-state index contributed by atoms with van der Waals surface area (Å²) in [5.41, 5.74) is 5.55. The molecule has 2 N–H and O–H groups in total. The van der Waals surface area contributed by atoms with E-state index in [9.17, 15) is 4.79 Å². The zero-order chi connectivity index (χ0) is 10.8. The number of carbonyl (C=O) groups is 1. The third-order valence-electron chi connectivity index (χ3n) is 3.30. The lowest BCUT2D eigenvalue weighted by Crippen LogP contribution is -2.45. The van der Waals surface area contributed by atoms with Crippen LogP contribution in [0.1, 0.15) is 26.2 Å². The molecular formula is C11H21N3O. The van der Waals surface area contributed by atoms with E-state index in [2.05, 4.69) is 6.92 Å². The van der Waals surface area contributed by atoms with Gasteiger partial charge in [-0.3, -0.25) is 0 Å². The third-order valence-corrected chi connectivity index (χ3v) is 3.30. The second-order valence-electron chi connectivity index (χ2n) is 4.84. The van der Waals surface area contributed by atoms with Gasteiger partial charge in [0.2, 0.25) is 0 Å². The Labute approximate surface area is 91.4 Å². The minimum absolute atomic E-state index is 0.215. The van der Waals surface area contributed by atoms with Crippen molar-refractivity contribution in [2.24, 2.45) is 11.7 Å². The number of hydrogen-bond donors (Lipinski definition) is 1. The highest BCUT2D eigenvalue weighted by Gasteiger charge is 2.35. The molecule has 0 radical (unpaired) electrons. The Morgan fingerprint density at radius 2 is 2.20 bits per heavy atom. The van der Waals surface area contributed by atoms with Gasteiger partial charge in [0.1, 0.15) is 0 Å². The van der Waals surface area contributed by atoms with Gasteiger partial charge in [-0.25, -0.2) is 4.79 Å². The predicted octanol–water partition coefficient (Wildman–Crippen LogP) is 0.871. The van der Waals surface area contributed by atoms with Gasteiger partial charge < -0.3 is 15.5 Å². The maximum Gasteiger partial charge on any atom is 0.320 e. The summed E-state index contributed by atoms with van der Waals surface area (Å²) in [5, 5.41) is 0. The van der Waals surface area contributed by atoms with Crippen LogP contribution in [-0.4, -0.2) is 48.1 Å². The molecule has 4 heteroatoms. The van der Waals surface area contributed by atoms with Gasteiger partial charge >= 0.3 is 6.03 Å². The number of likely N-dealkylation sites (tertiary alicyclic amines) is 1. The number of carbonyl (C=O) groups excluding carboxylic acids is 1. The highest BCUT2D eigenvalue weighted by atomic mass is 16.2. The van der Waals surface area contributed by atoms with E-state index in [-0.39, 0.29) is 6.03 Å². The maximum atomic E-state index is 12.2. The zero-order valence-corrected chi connectivity index (χ0v) is 9.48. The fourth-order valence-corrected chi connectivity index (χ4v) is 2.25. The summed E-state index contributed by atoms with van der Waals surface area (Å²) in [7, 11) is 0. The molecule has 4 nitrogen and oxygen atoms in total. The van der Waals surface area contributed by atoms with Crippen LogP contribution in [0.2, 0.25) is 0 Å². The normalized spacial score (nSPS) is 25.7. The van der Waals surface area contributed by atoms with Gasteiger partial charge in [0.05, 0.1) is 0 Å². The lowest BCUT2D eigenvalue weighted by Gasteiger charge is -2.27. The molecule has 1 aliphatic heterocycles. The Kier molecular flexibility index (Phi) is 3.14. The van der Waals surface area contributed by atoms with Gasteiger partial charge in [-0.05, 0) is 25.2 Å². The van der Waals surface area contributed by atoms with Crippen molar-refractivity contribution in [1.82, 2.24) is 9.80 Å². The molecule has 15 heavy (non-hydrogen) atoms. The predicted molar refractivity (Wildman–Crippen MR) is 59.5 cm³/mol. The van der Waals surface area contributed by atoms with E-state index in [4.69, 9.17) is 5.73 Å². The highest BCUT2D eigenvalue weighted by molar-refractivity contribution is 5.75. The van der Waals surface area contributed by atoms with Crippen molar-refractivity contribution in [3.63, 3.8) is 0 Å². The van der Waals surface area contributed by atoms with Crippen LogP contribution in [0.3, 0.4) is 0 Å². The van der Waals surface area contributed by atoms with Crippen molar-refractivity contribution >= 4 is 6.03 Å². The maximum absolute atomic E-state index is 12.2. The monoisotopic (exact) mass is 211 g/mol. The molecule has 1 saturated carbocycles. The summed E-state index contributed by atoms with van der Waals surface area (Å²) in [6, 6.07) is 0.698. The molecule has 2 fully saturated rings. The zero-order valence-electron chi connectivity index (χ0n) is 9.48. The molecule has 1 atom stereocenters. The second-order valence-corrected chi connectivity index (χ2v) is 4.84. The van der Waals surface area contributed by atoms with E-state index in [1.54, 1.807) is 0 Å². The Bertz CT molecular complexity index is 240. The van der Waals surface area contributed by atoms with E-state index < -0.39 is 0 Å². The molecule has 2 rings (SSSR count). The number of amides is 2. The molecule has 1 heterocycles. The summed E-state index contributed by atoms with van der Waals surface area (Å²) in [6.07, 6.45) is 3.47. The Balaban J connectivity index is 1.91. The average Bonchev–Trinajstić information content (AvgIpc) is 2.96. The van der Waals surface area contributed by atoms with E-state index in [1.807, 2.05) is 9.80 Å². The van der Waals surface area contributed by atoms with Gasteiger partial charge in [-0.1, -0.05) is 6.92 Å². The quantitative estimate of drug-likeness (QED) is 0.753. The van der Waals surface area contributed by atoms with Crippen LogP contribution in [-0.2, 0) is 0 Å². The highest BCUT2D eigenvalue weighted by Crippen LogP contribution is 2.28. The van der Waals surface area contributed by atoms with Crippen LogP contribution in [0.25, 0.3) is 0 Å². The number of urea groups is 1. The first-order valence-corrected chi connectivity index (χ1v) is 5.98. The van der Waals surface area contributed by atoms with Crippen LogP contribution < -0.4 is 5.73 Å². The molecule has 1 saturated heterocycles. The molecule has 1 unspecified atom stereocenters. The van der Waals surface area contributed by atoms with Gasteiger partial charge in [0, 0.05) is 32.2 Å². The van der Waals surface area contributed by atoms with E-state index in [0.717, 1.165) is 32.4 Å². The summed E-state index contributed by atoms with van der Waals surface area (Å²) in [5.74, 6) is 0.660. The van der Waals surface area contributed by atoms with Crippen molar-refractivity contribution in [3.05, 3.63) is 0 Å². The van der Waals surface area contributed by atoms with Gasteiger partial charge in [-0.2, -0.15) is 0 Å². The summed E-state index contributed by atoms with van der Waals surface area (Å²) < 4.78 is 0. The number of rotatable bonds is 3. The molecule has 0 spiro atoms. The van der Waals surface area contributed by atoms with E-state index >= 15 is 0 Å². The lowest BCUT2D eigenvalue weighted by molar-refractivity contribution is 0.159. The topological polar surface area (TPSA) is 49.6 Å². The number of nitrogens with two attached hydrogens (primary N) is 1. The van der Waals surface area contributed by atoms with Crippen molar-refractivity contribution in [1.29, 1.82) is 0 Å². The standard InChI is InChI=1S/C11H21N3O/c1-9-4-6-13(8-9)11(15)14(7-5-12)10-2-3-10/h9-10H,2-8,12H2,1H3. The van der Waals surface area contributed by atoms with E-state index in [1.165, 1.54) is 0 Å². The van der Waals surface area contributed by atoms with Crippen molar-refractivity contribution < 1.29 is 4.79 Å². The molecule has 2 aliphatic rings. The SMILES string of the molecule is CC1CCN(C(=O)N(CCN)C2CC2)C1. The molecule has 2 amide bonds. The van der Waals surface area contributed by atoms with Crippen molar-refractivity contribution in [3.8, 4) is 0 Å². The summed E-state index contributed by atoms with van der Waals surface area (Å²) in [4.78, 5) is 16.1. The molecule has 86 valence electrons. The molecule has 1 aliphatic carbocycles. The Morgan fingerprint density at radius 1 is 1.47 bits per heavy atom. The Morgan fingerprint density at radius 3 is 2.67 bits per heavy atom. The van der Waals surface area contributed by atoms with Gasteiger partial charge in [-0.15, -0.1) is 0 Å². The van der Waals surface area contributed by atoms with Crippen LogP contribution in [0.4, 0.5) is 4.79 Å². The largest absolute Gasteiger partial charge is 0.329 e. The number of nitrogens with zero attached hydrogens (tertiary/aromatic N) is 2. The first kappa shape index (κ1) is 10.7. The Hall–Kier alpha value is -0.770. The first-order chi connectivity index (χ1) is 7.22. The van der Waals surface area contributed by atoms with Crippen molar-refractivity contribution in [2.45, 2.75) is 32.2 Å². The lowest BCUT2D eigenvalue weighted by atomic mass is 10.2. The second kappa shape index (κ2) is 4.39. The van der Waals surface area contributed by atoms with Crippen LogP contribution in [0.15, 0.2) is 0 Å². The first-order valence-electron chi connectivity index (χ1n) is 5.98. The van der Waals surface area contributed by atoms with Crippen molar-refractivity contribution in [2.75, 3.05) is 26.2 Å². The van der Waals surface area contributed by atoms with Gasteiger partial charge in [0.15, 0.2) is 0 Å². The fraction of sp³-hybridized carbons (Fsp3) is 0.909. The fourth-order valence-electron chi connectivity index (χ4n) is 2.25.